The molecule has 0 heterocycles. The van der Waals surface area contributed by atoms with Gasteiger partial charge in [0.25, 0.3) is 0 Å². The molecular formula is C19H24N2O4S. The number of amides is 1. The summed E-state index contributed by atoms with van der Waals surface area (Å²) in [7, 11) is -2.01. The van der Waals surface area contributed by atoms with Crippen molar-refractivity contribution in [2.45, 2.75) is 20.5 Å². The summed E-state index contributed by atoms with van der Waals surface area (Å²) in [5.41, 5.74) is 3.86. The van der Waals surface area contributed by atoms with Crippen LogP contribution < -0.4 is 9.62 Å². The van der Waals surface area contributed by atoms with E-state index in [1.165, 1.54) is 0 Å². The van der Waals surface area contributed by atoms with Gasteiger partial charge in [-0.05, 0) is 54.8 Å². The predicted molar refractivity (Wildman–Crippen MR) is 104 cm³/mol. The number of nitrogens with one attached hydrogen (secondary N) is 1. The zero-order valence-corrected chi connectivity index (χ0v) is 16.3. The van der Waals surface area contributed by atoms with Crippen LogP contribution >= 0.6 is 0 Å². The SMILES string of the molecule is COCc1cccc(NC(=O)CN(c2cc(C)cc(C)c2)S(C)(=O)=O)c1. The highest BCUT2D eigenvalue weighted by Gasteiger charge is 2.21. The van der Waals surface area contributed by atoms with Crippen LogP contribution in [0.2, 0.25) is 0 Å². The standard InChI is InChI=1S/C19H24N2O4S/c1-14-8-15(2)10-18(9-14)21(26(4,23)24)12-19(22)20-17-7-5-6-16(11-17)13-25-3/h5-11H,12-13H2,1-4H3,(H,20,22). The maximum absolute atomic E-state index is 12.4. The Kier molecular flexibility index (Phi) is 6.39. The molecule has 1 amide bonds. The van der Waals surface area contributed by atoms with Crippen molar-refractivity contribution >= 4 is 27.3 Å². The van der Waals surface area contributed by atoms with E-state index in [1.807, 2.05) is 32.0 Å². The van der Waals surface area contributed by atoms with Gasteiger partial charge in [0.05, 0.1) is 18.6 Å². The highest BCUT2D eigenvalue weighted by molar-refractivity contribution is 7.92. The first-order valence-corrected chi connectivity index (χ1v) is 9.97. The van der Waals surface area contributed by atoms with Crippen molar-refractivity contribution in [2.75, 3.05) is 29.5 Å². The van der Waals surface area contributed by atoms with Crippen LogP contribution in [0, 0.1) is 13.8 Å². The quantitative estimate of drug-likeness (QED) is 0.806. The summed E-state index contributed by atoms with van der Waals surface area (Å²) in [5.74, 6) is -0.413. The number of anilines is 2. The van der Waals surface area contributed by atoms with Gasteiger partial charge >= 0.3 is 0 Å². The van der Waals surface area contributed by atoms with E-state index in [9.17, 15) is 13.2 Å². The largest absolute Gasteiger partial charge is 0.380 e. The number of nitrogens with zero attached hydrogens (tertiary/aromatic N) is 1. The van der Waals surface area contributed by atoms with Crippen molar-refractivity contribution in [2.24, 2.45) is 0 Å². The zero-order valence-electron chi connectivity index (χ0n) is 15.4. The molecule has 140 valence electrons. The van der Waals surface area contributed by atoms with Gasteiger partial charge in [-0.3, -0.25) is 9.10 Å². The maximum Gasteiger partial charge on any atom is 0.245 e. The van der Waals surface area contributed by atoms with Crippen molar-refractivity contribution in [1.29, 1.82) is 0 Å². The van der Waals surface area contributed by atoms with Crippen LogP contribution in [0.4, 0.5) is 11.4 Å². The fraction of sp³-hybridized carbons (Fsp3) is 0.316. The first-order chi connectivity index (χ1) is 12.2. The summed E-state index contributed by atoms with van der Waals surface area (Å²) in [6, 6.07) is 12.7. The van der Waals surface area contributed by atoms with Crippen molar-refractivity contribution in [3.8, 4) is 0 Å². The summed E-state index contributed by atoms with van der Waals surface area (Å²) in [4.78, 5) is 12.4. The Balaban J connectivity index is 2.21. The predicted octanol–water partition coefficient (Wildman–Crippen LogP) is 2.85. The number of rotatable bonds is 7. The van der Waals surface area contributed by atoms with Crippen LogP contribution in [-0.2, 0) is 26.2 Å². The second-order valence-corrected chi connectivity index (χ2v) is 8.20. The molecule has 0 aliphatic heterocycles. The molecule has 2 rings (SSSR count). The number of aryl methyl sites for hydroxylation is 2. The van der Waals surface area contributed by atoms with Gasteiger partial charge in [-0.15, -0.1) is 0 Å². The van der Waals surface area contributed by atoms with Crippen LogP contribution in [0.15, 0.2) is 42.5 Å². The Morgan fingerprint density at radius 2 is 1.77 bits per heavy atom. The third kappa shape index (κ3) is 5.57. The summed E-state index contributed by atoms with van der Waals surface area (Å²) >= 11 is 0. The lowest BCUT2D eigenvalue weighted by Gasteiger charge is -2.23. The van der Waals surface area contributed by atoms with Gasteiger partial charge in [0, 0.05) is 12.8 Å². The molecule has 0 atom stereocenters. The maximum atomic E-state index is 12.4. The Hall–Kier alpha value is -2.38. The van der Waals surface area contributed by atoms with E-state index in [0.29, 0.717) is 18.0 Å². The normalized spacial score (nSPS) is 11.2. The molecule has 0 saturated heterocycles. The molecule has 26 heavy (non-hydrogen) atoms. The molecule has 0 aliphatic carbocycles. The molecule has 0 unspecified atom stereocenters. The second-order valence-electron chi connectivity index (χ2n) is 6.30. The molecule has 7 heteroatoms. The number of ether oxygens (including phenoxy) is 1. The molecule has 0 aliphatic rings. The molecule has 2 aromatic rings. The van der Waals surface area contributed by atoms with Gasteiger partial charge in [0.2, 0.25) is 15.9 Å². The van der Waals surface area contributed by atoms with Gasteiger partial charge in [0.1, 0.15) is 6.54 Å². The molecule has 6 nitrogen and oxygen atoms in total. The molecule has 0 bridgehead atoms. The Labute approximate surface area is 154 Å². The highest BCUT2D eigenvalue weighted by Crippen LogP contribution is 2.21. The lowest BCUT2D eigenvalue weighted by atomic mass is 10.1. The van der Waals surface area contributed by atoms with E-state index in [-0.39, 0.29) is 6.54 Å². The third-order valence-corrected chi connectivity index (χ3v) is 4.84. The molecular weight excluding hydrogens is 352 g/mol. The average molecular weight is 376 g/mol. The fourth-order valence-electron chi connectivity index (χ4n) is 2.73. The number of carbonyl (C=O) groups is 1. The van der Waals surface area contributed by atoms with Gasteiger partial charge in [-0.25, -0.2) is 8.42 Å². The summed E-state index contributed by atoms with van der Waals surface area (Å²) in [5, 5.41) is 2.74. The molecule has 0 radical (unpaired) electrons. The van der Waals surface area contributed by atoms with Gasteiger partial charge in [-0.1, -0.05) is 18.2 Å². The second kappa shape index (κ2) is 8.33. The van der Waals surface area contributed by atoms with Crippen LogP contribution in [0.25, 0.3) is 0 Å². The number of benzene rings is 2. The summed E-state index contributed by atoms with van der Waals surface area (Å²) in [6.07, 6.45) is 1.09. The first kappa shape index (κ1) is 19.9. The van der Waals surface area contributed by atoms with Crippen LogP contribution in [-0.4, -0.2) is 34.2 Å². The van der Waals surface area contributed by atoms with E-state index in [4.69, 9.17) is 4.74 Å². The first-order valence-electron chi connectivity index (χ1n) is 8.13. The third-order valence-electron chi connectivity index (χ3n) is 3.70. The molecule has 0 spiro atoms. The molecule has 0 fully saturated rings. The van der Waals surface area contributed by atoms with E-state index in [2.05, 4.69) is 5.32 Å². The number of carbonyl (C=O) groups excluding carboxylic acids is 1. The van der Waals surface area contributed by atoms with Crippen molar-refractivity contribution in [3.63, 3.8) is 0 Å². The minimum atomic E-state index is -3.60. The highest BCUT2D eigenvalue weighted by atomic mass is 32.2. The molecule has 1 N–H and O–H groups in total. The monoisotopic (exact) mass is 376 g/mol. The van der Waals surface area contributed by atoms with E-state index < -0.39 is 15.9 Å². The minimum Gasteiger partial charge on any atom is -0.380 e. The van der Waals surface area contributed by atoms with Crippen molar-refractivity contribution < 1.29 is 17.9 Å². The fourth-order valence-corrected chi connectivity index (χ4v) is 3.57. The van der Waals surface area contributed by atoms with Crippen LogP contribution in [0.1, 0.15) is 16.7 Å². The van der Waals surface area contributed by atoms with Crippen molar-refractivity contribution in [1.82, 2.24) is 0 Å². The smallest absolute Gasteiger partial charge is 0.245 e. The molecule has 2 aromatic carbocycles. The number of hydrogen-bond donors (Lipinski definition) is 1. The lowest BCUT2D eigenvalue weighted by molar-refractivity contribution is -0.114. The number of methoxy groups -OCH3 is 1. The van der Waals surface area contributed by atoms with Gasteiger partial charge in [-0.2, -0.15) is 0 Å². The van der Waals surface area contributed by atoms with Crippen molar-refractivity contribution in [3.05, 3.63) is 59.2 Å². The van der Waals surface area contributed by atoms with E-state index in [1.54, 1.807) is 31.4 Å². The zero-order chi connectivity index (χ0) is 19.3. The van der Waals surface area contributed by atoms with Crippen LogP contribution in [0.3, 0.4) is 0 Å². The Bertz CT molecular complexity index is 874. The summed E-state index contributed by atoms with van der Waals surface area (Å²) in [6.45, 7) is 3.91. The summed E-state index contributed by atoms with van der Waals surface area (Å²) < 4.78 is 30.6. The minimum absolute atomic E-state index is 0.295. The number of sulfonamides is 1. The van der Waals surface area contributed by atoms with E-state index >= 15 is 0 Å². The Morgan fingerprint density at radius 3 is 2.35 bits per heavy atom. The van der Waals surface area contributed by atoms with Gasteiger partial charge in [0.15, 0.2) is 0 Å². The van der Waals surface area contributed by atoms with Crippen LogP contribution in [0.5, 0.6) is 0 Å². The topological polar surface area (TPSA) is 75.7 Å². The van der Waals surface area contributed by atoms with E-state index in [0.717, 1.165) is 27.3 Å². The Morgan fingerprint density at radius 1 is 1.12 bits per heavy atom. The molecule has 0 aromatic heterocycles. The lowest BCUT2D eigenvalue weighted by Crippen LogP contribution is -2.37. The van der Waals surface area contributed by atoms with Gasteiger partial charge < -0.3 is 10.1 Å². The molecule has 0 saturated carbocycles. The number of hydrogen-bond acceptors (Lipinski definition) is 4. The average Bonchev–Trinajstić information content (AvgIpc) is 2.51.